The summed E-state index contributed by atoms with van der Waals surface area (Å²) >= 11 is 0. The van der Waals surface area contributed by atoms with E-state index in [2.05, 4.69) is 22.2 Å². The van der Waals surface area contributed by atoms with Crippen LogP contribution in [0.3, 0.4) is 0 Å². The first-order valence-electron chi connectivity index (χ1n) is 11.3. The van der Waals surface area contributed by atoms with E-state index in [0.717, 1.165) is 43.4 Å². The third-order valence-electron chi connectivity index (χ3n) is 6.25. The Morgan fingerprint density at radius 2 is 2.09 bits per heavy atom. The topological polar surface area (TPSA) is 98.5 Å². The van der Waals surface area contributed by atoms with Gasteiger partial charge in [-0.25, -0.2) is 13.9 Å². The molecule has 1 amide bonds. The molecule has 1 atom stereocenters. The fourth-order valence-electron chi connectivity index (χ4n) is 4.51. The van der Waals surface area contributed by atoms with Crippen molar-refractivity contribution in [3.05, 3.63) is 58.6 Å². The van der Waals surface area contributed by atoms with Crippen LogP contribution in [0.25, 0.3) is 28.5 Å². The number of benzene rings is 1. The minimum atomic E-state index is -0.372. The Morgan fingerprint density at radius 1 is 1.21 bits per heavy atom. The van der Waals surface area contributed by atoms with E-state index < -0.39 is 0 Å². The Hall–Kier alpha value is -3.75. The van der Waals surface area contributed by atoms with Gasteiger partial charge in [-0.2, -0.15) is 4.98 Å². The summed E-state index contributed by atoms with van der Waals surface area (Å²) < 4.78 is 8.14. The summed E-state index contributed by atoms with van der Waals surface area (Å²) in [6, 6.07) is 11.6. The van der Waals surface area contributed by atoms with Gasteiger partial charge in [-0.3, -0.25) is 4.79 Å². The van der Waals surface area contributed by atoms with E-state index in [1.807, 2.05) is 36.1 Å². The lowest BCUT2D eigenvalue weighted by atomic mass is 10.00. The van der Waals surface area contributed by atoms with Gasteiger partial charge in [0.15, 0.2) is 5.65 Å². The lowest BCUT2D eigenvalue weighted by Crippen LogP contribution is -2.45. The Morgan fingerprint density at radius 3 is 2.91 bits per heavy atom. The highest BCUT2D eigenvalue weighted by Crippen LogP contribution is 2.25. The van der Waals surface area contributed by atoms with E-state index in [0.29, 0.717) is 17.0 Å². The van der Waals surface area contributed by atoms with E-state index in [-0.39, 0.29) is 30.1 Å². The summed E-state index contributed by atoms with van der Waals surface area (Å²) in [6.07, 6.45) is 5.67. The smallest absolute Gasteiger partial charge is 0.338 e. The molecule has 0 aliphatic carbocycles. The maximum Gasteiger partial charge on any atom is 0.350 e. The maximum absolute atomic E-state index is 13.0. The summed E-state index contributed by atoms with van der Waals surface area (Å²) in [7, 11) is 0. The summed E-state index contributed by atoms with van der Waals surface area (Å²) in [5.41, 5.74) is 2.48. The molecule has 0 spiro atoms. The second-order valence-electron chi connectivity index (χ2n) is 8.49. The van der Waals surface area contributed by atoms with Gasteiger partial charge in [-0.15, -0.1) is 5.10 Å². The van der Waals surface area contributed by atoms with Crippen molar-refractivity contribution in [1.29, 1.82) is 0 Å². The van der Waals surface area contributed by atoms with Crippen LogP contribution in [0.5, 0.6) is 0 Å². The molecule has 0 radical (unpaired) electrons. The first kappa shape index (κ1) is 21.1. The van der Waals surface area contributed by atoms with Gasteiger partial charge in [-0.1, -0.05) is 35.8 Å². The molecule has 1 saturated heterocycles. The molecule has 1 aliphatic rings. The van der Waals surface area contributed by atoms with Crippen molar-refractivity contribution >= 4 is 11.6 Å². The zero-order valence-corrected chi connectivity index (χ0v) is 18.8. The molecule has 1 aliphatic heterocycles. The van der Waals surface area contributed by atoms with Crippen molar-refractivity contribution in [2.24, 2.45) is 0 Å². The molecule has 3 aromatic heterocycles. The van der Waals surface area contributed by atoms with Crippen molar-refractivity contribution < 1.29 is 9.32 Å². The molecule has 0 saturated carbocycles. The molecule has 9 nitrogen and oxygen atoms in total. The molecular formula is C24H26N6O3. The average molecular weight is 447 g/mol. The zero-order chi connectivity index (χ0) is 22.9. The highest BCUT2D eigenvalue weighted by molar-refractivity contribution is 5.77. The van der Waals surface area contributed by atoms with Crippen LogP contribution in [0, 0.1) is 6.92 Å². The average Bonchev–Trinajstić information content (AvgIpc) is 3.44. The van der Waals surface area contributed by atoms with Gasteiger partial charge in [0, 0.05) is 24.3 Å². The number of carbonyl (C=O) groups excluding carboxylic acids is 1. The molecule has 0 unspecified atom stereocenters. The number of hydrogen-bond donors (Lipinski definition) is 0. The minimum Gasteiger partial charge on any atom is -0.338 e. The van der Waals surface area contributed by atoms with Crippen molar-refractivity contribution in [2.75, 3.05) is 6.54 Å². The predicted molar refractivity (Wildman–Crippen MR) is 123 cm³/mol. The van der Waals surface area contributed by atoms with Gasteiger partial charge in [0.1, 0.15) is 6.54 Å². The standard InChI is InChI=1S/C24H26N6O3/c1-3-18-10-4-5-12-28(18)20(31)15-30-24(32)29-13-7-11-19(22(29)26-30)23-25-21(27-33-23)17-9-6-8-16(2)14-17/h6-9,11,13-14,18H,3-5,10,12,15H2,1-2H3/t18-/m0/s1. The highest BCUT2D eigenvalue weighted by Gasteiger charge is 2.26. The second kappa shape index (κ2) is 8.65. The minimum absolute atomic E-state index is 0.0758. The van der Waals surface area contributed by atoms with Gasteiger partial charge < -0.3 is 9.42 Å². The number of piperidine rings is 1. The molecule has 1 fully saturated rings. The van der Waals surface area contributed by atoms with Crippen LogP contribution in [0.4, 0.5) is 0 Å². The Balaban J connectivity index is 1.47. The number of likely N-dealkylation sites (tertiary alicyclic amines) is 1. The number of amides is 1. The highest BCUT2D eigenvalue weighted by atomic mass is 16.5. The van der Waals surface area contributed by atoms with E-state index in [1.54, 1.807) is 18.3 Å². The Labute approximate surface area is 190 Å². The number of nitrogens with zero attached hydrogens (tertiary/aromatic N) is 6. The Bertz CT molecular complexity index is 1370. The number of aryl methyl sites for hydroxylation is 1. The van der Waals surface area contributed by atoms with Crippen LogP contribution in [0.15, 0.2) is 51.9 Å². The van der Waals surface area contributed by atoms with Gasteiger partial charge in [0.25, 0.3) is 5.89 Å². The van der Waals surface area contributed by atoms with Crippen LogP contribution in [-0.2, 0) is 11.3 Å². The number of rotatable bonds is 5. The first-order valence-corrected chi connectivity index (χ1v) is 11.3. The van der Waals surface area contributed by atoms with Crippen molar-refractivity contribution in [3.63, 3.8) is 0 Å². The normalized spacial score (nSPS) is 16.4. The monoisotopic (exact) mass is 446 g/mol. The van der Waals surface area contributed by atoms with Crippen molar-refractivity contribution in [1.82, 2.24) is 29.2 Å². The second-order valence-corrected chi connectivity index (χ2v) is 8.49. The third kappa shape index (κ3) is 3.94. The van der Waals surface area contributed by atoms with E-state index in [9.17, 15) is 9.59 Å². The summed E-state index contributed by atoms with van der Waals surface area (Å²) in [4.78, 5) is 32.4. The van der Waals surface area contributed by atoms with Crippen LogP contribution >= 0.6 is 0 Å². The van der Waals surface area contributed by atoms with E-state index >= 15 is 0 Å². The van der Waals surface area contributed by atoms with Crippen molar-refractivity contribution in [3.8, 4) is 22.8 Å². The number of hydrogen-bond acceptors (Lipinski definition) is 6. The molecule has 1 aromatic carbocycles. The molecule has 4 aromatic rings. The Kier molecular flexibility index (Phi) is 5.53. The number of pyridine rings is 1. The predicted octanol–water partition coefficient (Wildman–Crippen LogP) is 3.31. The number of aromatic nitrogens is 5. The van der Waals surface area contributed by atoms with Crippen LogP contribution in [-0.4, -0.2) is 47.7 Å². The molecular weight excluding hydrogens is 420 g/mol. The van der Waals surface area contributed by atoms with Gasteiger partial charge in [0.05, 0.1) is 5.56 Å². The van der Waals surface area contributed by atoms with Gasteiger partial charge in [-0.05, 0) is 50.8 Å². The van der Waals surface area contributed by atoms with Crippen LogP contribution < -0.4 is 5.69 Å². The third-order valence-corrected chi connectivity index (χ3v) is 6.25. The molecule has 9 heteroatoms. The largest absolute Gasteiger partial charge is 0.350 e. The van der Waals surface area contributed by atoms with Gasteiger partial charge >= 0.3 is 5.69 Å². The first-order chi connectivity index (χ1) is 16.0. The summed E-state index contributed by atoms with van der Waals surface area (Å²) in [5, 5.41) is 8.56. The van der Waals surface area contributed by atoms with Crippen LogP contribution in [0.2, 0.25) is 0 Å². The molecule has 4 heterocycles. The SMILES string of the molecule is CC[C@H]1CCCCN1C(=O)Cn1nc2c(-c3nc(-c4cccc(C)c4)no3)cccn2c1=O. The lowest BCUT2D eigenvalue weighted by molar-refractivity contribution is -0.135. The lowest BCUT2D eigenvalue weighted by Gasteiger charge is -2.35. The van der Waals surface area contributed by atoms with E-state index in [4.69, 9.17) is 4.52 Å². The summed E-state index contributed by atoms with van der Waals surface area (Å²) in [5.74, 6) is 0.652. The number of carbonyl (C=O) groups is 1. The van der Waals surface area contributed by atoms with E-state index in [1.165, 1.54) is 9.08 Å². The fourth-order valence-corrected chi connectivity index (χ4v) is 4.51. The molecule has 170 valence electrons. The quantitative estimate of drug-likeness (QED) is 0.466. The zero-order valence-electron chi connectivity index (χ0n) is 18.8. The maximum atomic E-state index is 13.0. The molecule has 0 N–H and O–H groups in total. The number of fused-ring (bicyclic) bond motifs is 1. The molecule has 5 rings (SSSR count). The molecule has 0 bridgehead atoms. The van der Waals surface area contributed by atoms with Gasteiger partial charge in [0.2, 0.25) is 11.7 Å². The summed E-state index contributed by atoms with van der Waals surface area (Å²) in [6.45, 7) is 4.73. The fraction of sp³-hybridized carbons (Fsp3) is 0.375. The molecule has 33 heavy (non-hydrogen) atoms. The van der Waals surface area contributed by atoms with Crippen LogP contribution in [0.1, 0.15) is 38.2 Å². The van der Waals surface area contributed by atoms with Crippen molar-refractivity contribution in [2.45, 2.75) is 52.1 Å².